The largest absolute Gasteiger partial charge is 0.492 e. The van der Waals surface area contributed by atoms with Crippen LogP contribution in [-0.4, -0.2) is 23.6 Å². The normalized spacial score (nSPS) is 16.8. The number of fused-ring (bicyclic) bond motifs is 1. The molecule has 2 aromatic rings. The third kappa shape index (κ3) is 3.37. The Hall–Kier alpha value is -2.89. The molecule has 0 spiro atoms. The SMILES string of the molecule is O=C(O)C[C@@H](NC(=O)[C@H]1COc2ccccc21)c1ccc(F)cc1. The quantitative estimate of drug-likeness (QED) is 0.884. The summed E-state index contributed by atoms with van der Waals surface area (Å²) in [5.74, 6) is -1.60. The zero-order valence-corrected chi connectivity index (χ0v) is 12.7. The van der Waals surface area contributed by atoms with Gasteiger partial charge >= 0.3 is 5.97 Å². The van der Waals surface area contributed by atoms with Gasteiger partial charge in [0.15, 0.2) is 0 Å². The number of benzene rings is 2. The van der Waals surface area contributed by atoms with Gasteiger partial charge in [-0.3, -0.25) is 9.59 Å². The maximum Gasteiger partial charge on any atom is 0.305 e. The lowest BCUT2D eigenvalue weighted by molar-refractivity contribution is -0.137. The summed E-state index contributed by atoms with van der Waals surface area (Å²) in [6.07, 6.45) is -0.285. The van der Waals surface area contributed by atoms with Gasteiger partial charge in [-0.05, 0) is 23.8 Å². The molecule has 0 saturated carbocycles. The molecule has 1 aliphatic rings. The highest BCUT2D eigenvalue weighted by molar-refractivity contribution is 5.86. The van der Waals surface area contributed by atoms with Crippen LogP contribution >= 0.6 is 0 Å². The molecule has 1 heterocycles. The van der Waals surface area contributed by atoms with E-state index in [2.05, 4.69) is 5.32 Å². The van der Waals surface area contributed by atoms with Crippen LogP contribution in [0.5, 0.6) is 5.75 Å². The first kappa shape index (κ1) is 16.0. The molecular weight excluding hydrogens is 313 g/mol. The minimum Gasteiger partial charge on any atom is -0.492 e. The number of amides is 1. The number of halogens is 1. The summed E-state index contributed by atoms with van der Waals surface area (Å²) in [7, 11) is 0. The van der Waals surface area contributed by atoms with Crippen molar-refractivity contribution in [2.75, 3.05) is 6.61 Å². The number of carboxylic acids is 1. The summed E-state index contributed by atoms with van der Waals surface area (Å²) in [4.78, 5) is 23.7. The second-order valence-electron chi connectivity index (χ2n) is 5.61. The maximum atomic E-state index is 13.1. The average Bonchev–Trinajstić information content (AvgIpc) is 2.98. The Morgan fingerprint density at radius 1 is 1.21 bits per heavy atom. The Balaban J connectivity index is 1.79. The van der Waals surface area contributed by atoms with E-state index in [1.807, 2.05) is 18.2 Å². The first-order valence-electron chi connectivity index (χ1n) is 7.54. The molecular formula is C18H16FNO4. The van der Waals surface area contributed by atoms with Crippen LogP contribution in [0.15, 0.2) is 48.5 Å². The van der Waals surface area contributed by atoms with Gasteiger partial charge in [0.1, 0.15) is 24.1 Å². The molecule has 6 heteroatoms. The number of carboxylic acid groups (broad SMARTS) is 1. The second-order valence-corrected chi connectivity index (χ2v) is 5.61. The van der Waals surface area contributed by atoms with Crippen molar-refractivity contribution >= 4 is 11.9 Å². The number of rotatable bonds is 5. The monoisotopic (exact) mass is 329 g/mol. The molecule has 2 aromatic carbocycles. The van der Waals surface area contributed by atoms with Gasteiger partial charge in [0.25, 0.3) is 0 Å². The van der Waals surface area contributed by atoms with Crippen molar-refractivity contribution in [2.24, 2.45) is 0 Å². The average molecular weight is 329 g/mol. The predicted octanol–water partition coefficient (Wildman–Crippen LogP) is 2.63. The fraction of sp³-hybridized carbons (Fsp3) is 0.222. The van der Waals surface area contributed by atoms with Crippen molar-refractivity contribution in [2.45, 2.75) is 18.4 Å². The molecule has 0 aliphatic carbocycles. The number of carbonyl (C=O) groups excluding carboxylic acids is 1. The number of carbonyl (C=O) groups is 2. The molecule has 0 unspecified atom stereocenters. The molecule has 2 N–H and O–H groups in total. The van der Waals surface area contributed by atoms with Gasteiger partial charge in [0.2, 0.25) is 5.91 Å². The number of nitrogens with one attached hydrogen (secondary N) is 1. The number of aliphatic carboxylic acids is 1. The zero-order valence-electron chi connectivity index (χ0n) is 12.7. The molecule has 124 valence electrons. The molecule has 1 amide bonds. The maximum absolute atomic E-state index is 13.1. The minimum absolute atomic E-state index is 0.217. The predicted molar refractivity (Wildman–Crippen MR) is 84.2 cm³/mol. The van der Waals surface area contributed by atoms with Crippen molar-refractivity contribution in [1.29, 1.82) is 0 Å². The first-order chi connectivity index (χ1) is 11.5. The van der Waals surface area contributed by atoms with Crippen molar-refractivity contribution in [3.63, 3.8) is 0 Å². The molecule has 0 fully saturated rings. The van der Waals surface area contributed by atoms with E-state index in [0.717, 1.165) is 5.56 Å². The molecule has 0 radical (unpaired) electrons. The summed E-state index contributed by atoms with van der Waals surface area (Å²) in [6.45, 7) is 0.217. The summed E-state index contributed by atoms with van der Waals surface area (Å²) in [5, 5.41) is 11.8. The van der Waals surface area contributed by atoms with Gasteiger partial charge in [0, 0.05) is 5.56 Å². The van der Waals surface area contributed by atoms with Gasteiger partial charge in [-0.1, -0.05) is 30.3 Å². The molecule has 1 aliphatic heterocycles. The van der Waals surface area contributed by atoms with E-state index in [1.165, 1.54) is 24.3 Å². The van der Waals surface area contributed by atoms with Crippen LogP contribution in [0.25, 0.3) is 0 Å². The third-order valence-corrected chi connectivity index (χ3v) is 3.98. The second kappa shape index (κ2) is 6.70. The lowest BCUT2D eigenvalue weighted by Crippen LogP contribution is -2.34. The van der Waals surface area contributed by atoms with E-state index >= 15 is 0 Å². The molecule has 0 aromatic heterocycles. The number of hydrogen-bond donors (Lipinski definition) is 2. The molecule has 0 saturated heterocycles. The van der Waals surface area contributed by atoms with Crippen LogP contribution in [0.3, 0.4) is 0 Å². The van der Waals surface area contributed by atoms with Gasteiger partial charge in [0.05, 0.1) is 12.5 Å². The van der Waals surface area contributed by atoms with Crippen molar-refractivity contribution in [1.82, 2.24) is 5.32 Å². The van der Waals surface area contributed by atoms with Crippen LogP contribution in [-0.2, 0) is 9.59 Å². The van der Waals surface area contributed by atoms with E-state index in [-0.39, 0.29) is 18.9 Å². The van der Waals surface area contributed by atoms with Crippen molar-refractivity contribution < 1.29 is 23.8 Å². The summed E-state index contributed by atoms with van der Waals surface area (Å²) < 4.78 is 18.6. The Bertz CT molecular complexity index is 760. The van der Waals surface area contributed by atoms with E-state index in [4.69, 9.17) is 9.84 Å². The minimum atomic E-state index is -1.05. The molecule has 3 rings (SSSR count). The molecule has 2 atom stereocenters. The van der Waals surface area contributed by atoms with Crippen molar-refractivity contribution in [3.05, 3.63) is 65.5 Å². The summed E-state index contributed by atoms with van der Waals surface area (Å²) in [6, 6.07) is 11.9. The molecule has 0 bridgehead atoms. The number of ether oxygens (including phenoxy) is 1. The fourth-order valence-electron chi connectivity index (χ4n) is 2.77. The van der Waals surface area contributed by atoms with Crippen LogP contribution < -0.4 is 10.1 Å². The van der Waals surface area contributed by atoms with Crippen LogP contribution in [0, 0.1) is 5.82 Å². The van der Waals surface area contributed by atoms with E-state index in [0.29, 0.717) is 11.3 Å². The first-order valence-corrected chi connectivity index (χ1v) is 7.54. The Labute approximate surface area is 138 Å². The Morgan fingerprint density at radius 2 is 1.92 bits per heavy atom. The van der Waals surface area contributed by atoms with Gasteiger partial charge in [-0.25, -0.2) is 4.39 Å². The van der Waals surface area contributed by atoms with E-state index < -0.39 is 23.7 Å². The van der Waals surface area contributed by atoms with Gasteiger partial charge in [-0.15, -0.1) is 0 Å². The number of hydrogen-bond acceptors (Lipinski definition) is 3. The molecule has 24 heavy (non-hydrogen) atoms. The van der Waals surface area contributed by atoms with E-state index in [1.54, 1.807) is 6.07 Å². The van der Waals surface area contributed by atoms with Gasteiger partial charge in [-0.2, -0.15) is 0 Å². The highest BCUT2D eigenvalue weighted by Crippen LogP contribution is 2.34. The van der Waals surface area contributed by atoms with Crippen LogP contribution in [0.2, 0.25) is 0 Å². The van der Waals surface area contributed by atoms with Crippen LogP contribution in [0.1, 0.15) is 29.5 Å². The summed E-state index contributed by atoms with van der Waals surface area (Å²) >= 11 is 0. The summed E-state index contributed by atoms with van der Waals surface area (Å²) in [5.41, 5.74) is 1.32. The Kier molecular flexibility index (Phi) is 4.46. The number of para-hydroxylation sites is 1. The smallest absolute Gasteiger partial charge is 0.305 e. The highest BCUT2D eigenvalue weighted by Gasteiger charge is 2.31. The fourth-order valence-corrected chi connectivity index (χ4v) is 2.77. The van der Waals surface area contributed by atoms with Crippen LogP contribution in [0.4, 0.5) is 4.39 Å². The van der Waals surface area contributed by atoms with E-state index in [9.17, 15) is 14.0 Å². The molecule has 5 nitrogen and oxygen atoms in total. The topological polar surface area (TPSA) is 75.6 Å². The lowest BCUT2D eigenvalue weighted by atomic mass is 9.98. The Morgan fingerprint density at radius 3 is 2.62 bits per heavy atom. The lowest BCUT2D eigenvalue weighted by Gasteiger charge is -2.19. The zero-order chi connectivity index (χ0) is 17.1. The van der Waals surface area contributed by atoms with Gasteiger partial charge < -0.3 is 15.2 Å². The van der Waals surface area contributed by atoms with Crippen molar-refractivity contribution in [3.8, 4) is 5.75 Å². The third-order valence-electron chi connectivity index (χ3n) is 3.98. The standard InChI is InChI=1S/C18H16FNO4/c19-12-7-5-11(6-8-12)15(9-17(21)22)20-18(23)14-10-24-16-4-2-1-3-13(14)16/h1-8,14-15H,9-10H2,(H,20,23)(H,21,22)/t14-,15+/m0/s1. The highest BCUT2D eigenvalue weighted by atomic mass is 19.1.